The van der Waals surface area contributed by atoms with Crippen LogP contribution in [0.25, 0.3) is 0 Å². The molecule has 0 unspecified atom stereocenters. The molecular formula is C13H17FN2O. The molecule has 0 heterocycles. The van der Waals surface area contributed by atoms with Crippen molar-refractivity contribution < 1.29 is 9.18 Å². The van der Waals surface area contributed by atoms with Crippen LogP contribution in [0.4, 0.5) is 9.18 Å². The van der Waals surface area contributed by atoms with Gasteiger partial charge in [0.2, 0.25) is 0 Å². The first kappa shape index (κ1) is 11.9. The van der Waals surface area contributed by atoms with Crippen LogP contribution in [0.2, 0.25) is 0 Å². The molecule has 0 spiro atoms. The molecule has 0 aromatic heterocycles. The van der Waals surface area contributed by atoms with Crippen LogP contribution < -0.4 is 10.6 Å². The van der Waals surface area contributed by atoms with Gasteiger partial charge in [-0.15, -0.1) is 0 Å². The highest BCUT2D eigenvalue weighted by Gasteiger charge is 2.21. The number of hydrogen-bond acceptors (Lipinski definition) is 1. The summed E-state index contributed by atoms with van der Waals surface area (Å²) >= 11 is 0. The van der Waals surface area contributed by atoms with E-state index in [0.29, 0.717) is 5.92 Å². The van der Waals surface area contributed by atoms with Crippen LogP contribution in [0.1, 0.15) is 31.4 Å². The number of nitrogens with one attached hydrogen (secondary N) is 2. The fourth-order valence-electron chi connectivity index (χ4n) is 1.67. The Morgan fingerprint density at radius 1 is 1.53 bits per heavy atom. The van der Waals surface area contributed by atoms with E-state index in [4.69, 9.17) is 0 Å². The monoisotopic (exact) mass is 236 g/mol. The summed E-state index contributed by atoms with van der Waals surface area (Å²) in [6.45, 7) is 2.58. The normalized spacial score (nSPS) is 16.4. The molecule has 3 nitrogen and oxygen atoms in total. The Bertz CT molecular complexity index is 404. The van der Waals surface area contributed by atoms with Gasteiger partial charge in [0.1, 0.15) is 5.82 Å². The second kappa shape index (κ2) is 5.17. The third-order valence-corrected chi connectivity index (χ3v) is 2.94. The predicted octanol–water partition coefficient (Wildman–Crippen LogP) is 2.60. The average Bonchev–Trinajstić information content (AvgIpc) is 3.10. The van der Waals surface area contributed by atoms with E-state index in [1.165, 1.54) is 25.0 Å². The van der Waals surface area contributed by atoms with Crippen LogP contribution in [-0.4, -0.2) is 12.6 Å². The van der Waals surface area contributed by atoms with Gasteiger partial charge in [0, 0.05) is 6.54 Å². The summed E-state index contributed by atoms with van der Waals surface area (Å²) in [7, 11) is 0. The highest BCUT2D eigenvalue weighted by atomic mass is 19.1. The Morgan fingerprint density at radius 3 is 2.94 bits per heavy atom. The second-order valence-electron chi connectivity index (χ2n) is 4.57. The predicted molar refractivity (Wildman–Crippen MR) is 64.1 cm³/mol. The van der Waals surface area contributed by atoms with Crippen molar-refractivity contribution >= 4 is 6.03 Å². The largest absolute Gasteiger partial charge is 0.338 e. The van der Waals surface area contributed by atoms with Crippen molar-refractivity contribution in [2.75, 3.05) is 6.54 Å². The van der Waals surface area contributed by atoms with Gasteiger partial charge in [0.25, 0.3) is 0 Å². The number of amides is 2. The first-order chi connectivity index (χ1) is 8.15. The zero-order valence-electron chi connectivity index (χ0n) is 9.87. The highest BCUT2D eigenvalue weighted by Crippen LogP contribution is 2.27. The molecule has 0 radical (unpaired) electrons. The molecule has 2 amide bonds. The maximum Gasteiger partial charge on any atom is 0.315 e. The van der Waals surface area contributed by atoms with Gasteiger partial charge in [-0.2, -0.15) is 0 Å². The van der Waals surface area contributed by atoms with Gasteiger partial charge in [-0.1, -0.05) is 12.1 Å². The summed E-state index contributed by atoms with van der Waals surface area (Å²) in [5.74, 6) is 0.375. The number of rotatable bonds is 4. The summed E-state index contributed by atoms with van der Waals surface area (Å²) < 4.78 is 13.0. The number of urea groups is 1. The number of halogens is 1. The van der Waals surface area contributed by atoms with Crippen LogP contribution in [0.3, 0.4) is 0 Å². The van der Waals surface area contributed by atoms with E-state index in [9.17, 15) is 9.18 Å². The molecule has 2 rings (SSSR count). The lowest BCUT2D eigenvalue weighted by molar-refractivity contribution is 0.237. The van der Waals surface area contributed by atoms with Crippen molar-refractivity contribution in [3.8, 4) is 0 Å². The third-order valence-electron chi connectivity index (χ3n) is 2.94. The Kier molecular flexibility index (Phi) is 3.61. The molecule has 2 N–H and O–H groups in total. The second-order valence-corrected chi connectivity index (χ2v) is 4.57. The van der Waals surface area contributed by atoms with Crippen LogP contribution in [0, 0.1) is 11.7 Å². The summed E-state index contributed by atoms with van der Waals surface area (Å²) in [6.07, 6.45) is 2.42. The van der Waals surface area contributed by atoms with Gasteiger partial charge in [0.05, 0.1) is 6.04 Å². The maximum absolute atomic E-state index is 13.0. The molecule has 0 bridgehead atoms. The van der Waals surface area contributed by atoms with Crippen molar-refractivity contribution in [1.82, 2.24) is 10.6 Å². The Labute approximate surface area is 100 Å². The molecule has 1 aromatic carbocycles. The minimum atomic E-state index is -0.283. The molecule has 1 atom stereocenters. The Hall–Kier alpha value is -1.58. The van der Waals surface area contributed by atoms with Crippen LogP contribution in [0.15, 0.2) is 24.3 Å². The van der Waals surface area contributed by atoms with Gasteiger partial charge in [-0.05, 0) is 43.4 Å². The molecular weight excluding hydrogens is 219 g/mol. The topological polar surface area (TPSA) is 41.1 Å². The maximum atomic E-state index is 13.0. The van der Waals surface area contributed by atoms with Crippen LogP contribution >= 0.6 is 0 Å². The molecule has 1 saturated carbocycles. The molecule has 1 aromatic rings. The molecule has 92 valence electrons. The summed E-state index contributed by atoms with van der Waals surface area (Å²) in [5.41, 5.74) is 0.770. The fraction of sp³-hybridized carbons (Fsp3) is 0.462. The number of hydrogen-bond donors (Lipinski definition) is 2. The third kappa shape index (κ3) is 3.73. The van der Waals surface area contributed by atoms with Crippen LogP contribution in [0.5, 0.6) is 0 Å². The van der Waals surface area contributed by atoms with Crippen molar-refractivity contribution in [2.45, 2.75) is 25.8 Å². The molecule has 1 fully saturated rings. The quantitative estimate of drug-likeness (QED) is 0.829. The van der Waals surface area contributed by atoms with E-state index in [2.05, 4.69) is 10.6 Å². The first-order valence-corrected chi connectivity index (χ1v) is 5.95. The average molecular weight is 236 g/mol. The molecule has 1 aliphatic rings. The van der Waals surface area contributed by atoms with Crippen LogP contribution in [-0.2, 0) is 0 Å². The molecule has 0 aliphatic heterocycles. The van der Waals surface area contributed by atoms with Crippen molar-refractivity contribution in [1.29, 1.82) is 0 Å². The van der Waals surface area contributed by atoms with Gasteiger partial charge < -0.3 is 10.6 Å². The summed E-state index contributed by atoms with van der Waals surface area (Å²) in [5, 5.41) is 5.61. The number of carbonyl (C=O) groups is 1. The first-order valence-electron chi connectivity index (χ1n) is 5.95. The van der Waals surface area contributed by atoms with E-state index in [0.717, 1.165) is 12.1 Å². The number of carbonyl (C=O) groups excluding carboxylic acids is 1. The fourth-order valence-corrected chi connectivity index (χ4v) is 1.67. The lowest BCUT2D eigenvalue weighted by Crippen LogP contribution is -2.38. The summed E-state index contributed by atoms with van der Waals surface area (Å²) in [6, 6.07) is 5.90. The van der Waals surface area contributed by atoms with E-state index in [1.54, 1.807) is 12.1 Å². The molecule has 1 aliphatic carbocycles. The Balaban J connectivity index is 1.82. The zero-order valence-corrected chi connectivity index (χ0v) is 9.87. The molecule has 17 heavy (non-hydrogen) atoms. The SMILES string of the molecule is C[C@@H](NC(=O)NCC1CC1)c1cccc(F)c1. The van der Waals surface area contributed by atoms with E-state index in [1.807, 2.05) is 6.92 Å². The van der Waals surface area contributed by atoms with E-state index >= 15 is 0 Å². The standard InChI is InChI=1S/C13H17FN2O/c1-9(11-3-2-4-12(14)7-11)16-13(17)15-8-10-5-6-10/h2-4,7,9-10H,5-6,8H2,1H3,(H2,15,16,17)/t9-/m1/s1. The van der Waals surface area contributed by atoms with E-state index in [-0.39, 0.29) is 17.9 Å². The minimum Gasteiger partial charge on any atom is -0.338 e. The van der Waals surface area contributed by atoms with Gasteiger partial charge in [-0.25, -0.2) is 9.18 Å². The molecule has 4 heteroatoms. The lowest BCUT2D eigenvalue weighted by atomic mass is 10.1. The van der Waals surface area contributed by atoms with Gasteiger partial charge in [0.15, 0.2) is 0 Å². The van der Waals surface area contributed by atoms with Gasteiger partial charge in [-0.3, -0.25) is 0 Å². The zero-order chi connectivity index (χ0) is 12.3. The highest BCUT2D eigenvalue weighted by molar-refractivity contribution is 5.74. The summed E-state index contributed by atoms with van der Waals surface area (Å²) in [4.78, 5) is 11.5. The van der Waals surface area contributed by atoms with E-state index < -0.39 is 0 Å². The minimum absolute atomic E-state index is 0.186. The molecule has 0 saturated heterocycles. The van der Waals surface area contributed by atoms with Crippen molar-refractivity contribution in [3.05, 3.63) is 35.6 Å². The van der Waals surface area contributed by atoms with Crippen molar-refractivity contribution in [3.63, 3.8) is 0 Å². The van der Waals surface area contributed by atoms with Gasteiger partial charge >= 0.3 is 6.03 Å². The number of benzene rings is 1. The van der Waals surface area contributed by atoms with Crippen molar-refractivity contribution in [2.24, 2.45) is 5.92 Å². The lowest BCUT2D eigenvalue weighted by Gasteiger charge is -2.15. The Morgan fingerprint density at radius 2 is 2.29 bits per heavy atom. The smallest absolute Gasteiger partial charge is 0.315 e.